The molecule has 5 nitrogen and oxygen atoms in total. The molecule has 0 radical (unpaired) electrons. The quantitative estimate of drug-likeness (QED) is 0.318. The second-order valence-electron chi connectivity index (χ2n) is 1.80. The molecule has 5 heteroatoms. The minimum atomic E-state index is -0.131. The molecule has 0 aliphatic carbocycles. The third-order valence-electron chi connectivity index (χ3n) is 1.02. The van der Waals surface area contributed by atoms with Gasteiger partial charge in [-0.15, -0.1) is 0 Å². The second kappa shape index (κ2) is 3.52. The number of hydrogen-bond acceptors (Lipinski definition) is 3. The van der Waals surface area contributed by atoms with E-state index in [-0.39, 0.29) is 5.43 Å². The van der Waals surface area contributed by atoms with Crippen molar-refractivity contribution in [2.24, 2.45) is 4.99 Å². The van der Waals surface area contributed by atoms with Crippen LogP contribution in [0.3, 0.4) is 0 Å². The Bertz CT molecular complexity index is 305. The van der Waals surface area contributed by atoms with Crippen molar-refractivity contribution in [3.63, 3.8) is 0 Å². The summed E-state index contributed by atoms with van der Waals surface area (Å²) in [6.45, 7) is 0. The van der Waals surface area contributed by atoms with Gasteiger partial charge < -0.3 is 4.98 Å². The molecular weight excluding hydrogens is 146 g/mol. The summed E-state index contributed by atoms with van der Waals surface area (Å²) in [6.07, 6.45) is 2.54. The topological polar surface area (TPSA) is 77.5 Å². The Labute approximate surface area is 62.4 Å². The first-order valence-corrected chi connectivity index (χ1v) is 2.94. The number of aromatic nitrogens is 1. The average molecular weight is 153 g/mol. The van der Waals surface area contributed by atoms with E-state index in [1.54, 1.807) is 5.48 Å². The van der Waals surface area contributed by atoms with Gasteiger partial charge in [0.2, 0.25) is 0 Å². The van der Waals surface area contributed by atoms with Gasteiger partial charge >= 0.3 is 0 Å². The summed E-state index contributed by atoms with van der Waals surface area (Å²) in [4.78, 5) is 17.0. The van der Waals surface area contributed by atoms with Crippen molar-refractivity contribution in [2.75, 3.05) is 0 Å². The summed E-state index contributed by atoms with van der Waals surface area (Å²) in [6, 6.07) is 2.69. The van der Waals surface area contributed by atoms with Crippen LogP contribution in [-0.4, -0.2) is 16.5 Å². The SMILES string of the molecule is O=c1cc[nH]c(/N=C/NO)c1. The number of nitrogens with zero attached hydrogens (tertiary/aromatic N) is 1. The molecule has 58 valence electrons. The van der Waals surface area contributed by atoms with E-state index in [9.17, 15) is 4.79 Å². The Morgan fingerprint density at radius 1 is 1.73 bits per heavy atom. The fourth-order valence-electron chi connectivity index (χ4n) is 0.607. The molecule has 3 N–H and O–H groups in total. The molecular formula is C6H7N3O2. The lowest BCUT2D eigenvalue weighted by molar-refractivity contribution is 0.240. The largest absolute Gasteiger partial charge is 0.346 e. The number of hydroxylamine groups is 1. The summed E-state index contributed by atoms with van der Waals surface area (Å²) >= 11 is 0. The van der Waals surface area contributed by atoms with Crippen molar-refractivity contribution in [3.8, 4) is 0 Å². The van der Waals surface area contributed by atoms with Crippen LogP contribution in [-0.2, 0) is 0 Å². The highest BCUT2D eigenvalue weighted by Crippen LogP contribution is 1.98. The van der Waals surface area contributed by atoms with Gasteiger partial charge in [-0.2, -0.15) is 0 Å². The predicted molar refractivity (Wildman–Crippen MR) is 40.1 cm³/mol. The zero-order chi connectivity index (χ0) is 8.10. The molecule has 11 heavy (non-hydrogen) atoms. The van der Waals surface area contributed by atoms with Crippen LogP contribution in [0, 0.1) is 0 Å². The van der Waals surface area contributed by atoms with E-state index in [0.717, 1.165) is 6.34 Å². The summed E-state index contributed by atoms with van der Waals surface area (Å²) in [7, 11) is 0. The van der Waals surface area contributed by atoms with E-state index in [4.69, 9.17) is 5.21 Å². The van der Waals surface area contributed by atoms with Gasteiger partial charge in [-0.1, -0.05) is 0 Å². The normalized spacial score (nSPS) is 10.3. The molecule has 1 heterocycles. The van der Waals surface area contributed by atoms with Crippen LogP contribution in [0.5, 0.6) is 0 Å². The highest BCUT2D eigenvalue weighted by Gasteiger charge is 1.86. The fraction of sp³-hybridized carbons (Fsp3) is 0. The molecule has 1 aromatic heterocycles. The van der Waals surface area contributed by atoms with Crippen molar-refractivity contribution >= 4 is 12.2 Å². The van der Waals surface area contributed by atoms with Gasteiger partial charge in [0, 0.05) is 18.3 Å². The molecule has 0 aromatic carbocycles. The standard InChI is InChI=1S/C6H7N3O2/c10-5-1-2-7-6(3-5)8-4-9-11/h1-4,11H,(H2,7,8,9,10). The molecule has 0 amide bonds. The van der Waals surface area contributed by atoms with Gasteiger partial charge in [0.15, 0.2) is 5.43 Å². The van der Waals surface area contributed by atoms with Crippen molar-refractivity contribution in [2.45, 2.75) is 0 Å². The first kappa shape index (κ1) is 7.49. The van der Waals surface area contributed by atoms with Crippen LogP contribution >= 0.6 is 0 Å². The first-order valence-electron chi connectivity index (χ1n) is 2.94. The van der Waals surface area contributed by atoms with Crippen LogP contribution in [0.1, 0.15) is 0 Å². The Morgan fingerprint density at radius 3 is 3.18 bits per heavy atom. The van der Waals surface area contributed by atoms with Crippen LogP contribution < -0.4 is 10.9 Å². The molecule has 0 atom stereocenters. The Morgan fingerprint density at radius 2 is 2.55 bits per heavy atom. The summed E-state index contributed by atoms with van der Waals surface area (Å²) in [5, 5.41) is 8.11. The van der Waals surface area contributed by atoms with E-state index in [1.807, 2.05) is 0 Å². The molecule has 0 fully saturated rings. The van der Waals surface area contributed by atoms with Crippen LogP contribution in [0.15, 0.2) is 28.1 Å². The molecule has 0 aliphatic rings. The summed E-state index contributed by atoms with van der Waals surface area (Å²) < 4.78 is 0. The number of H-pyrrole nitrogens is 1. The number of rotatable bonds is 2. The highest BCUT2D eigenvalue weighted by atomic mass is 16.5. The molecule has 0 unspecified atom stereocenters. The van der Waals surface area contributed by atoms with Gasteiger partial charge in [0.1, 0.15) is 12.2 Å². The summed E-state index contributed by atoms with van der Waals surface area (Å²) in [5.74, 6) is 0.388. The van der Waals surface area contributed by atoms with E-state index >= 15 is 0 Å². The fourth-order valence-corrected chi connectivity index (χ4v) is 0.607. The first-order chi connectivity index (χ1) is 5.33. The lowest BCUT2D eigenvalue weighted by Gasteiger charge is -1.89. The summed E-state index contributed by atoms with van der Waals surface area (Å²) in [5.41, 5.74) is 1.59. The number of aliphatic imine (C=N–C) groups is 1. The van der Waals surface area contributed by atoms with Crippen LogP contribution in [0.4, 0.5) is 5.82 Å². The predicted octanol–water partition coefficient (Wildman–Crippen LogP) is 0.0135. The van der Waals surface area contributed by atoms with Gasteiger partial charge in [0.05, 0.1) is 0 Å². The zero-order valence-corrected chi connectivity index (χ0v) is 5.61. The third-order valence-corrected chi connectivity index (χ3v) is 1.02. The smallest absolute Gasteiger partial charge is 0.183 e. The van der Waals surface area contributed by atoms with E-state index in [0.29, 0.717) is 5.82 Å². The maximum absolute atomic E-state index is 10.7. The minimum Gasteiger partial charge on any atom is -0.346 e. The molecule has 1 aromatic rings. The lowest BCUT2D eigenvalue weighted by atomic mass is 10.4. The molecule has 0 spiro atoms. The maximum Gasteiger partial charge on any atom is 0.183 e. The molecule has 0 saturated carbocycles. The Kier molecular flexibility index (Phi) is 2.40. The highest BCUT2D eigenvalue weighted by molar-refractivity contribution is 5.57. The van der Waals surface area contributed by atoms with E-state index in [1.165, 1.54) is 18.3 Å². The number of aromatic amines is 1. The number of hydrogen-bond donors (Lipinski definition) is 3. The molecule has 0 saturated heterocycles. The monoisotopic (exact) mass is 153 g/mol. The molecule has 1 rings (SSSR count). The zero-order valence-electron chi connectivity index (χ0n) is 5.61. The van der Waals surface area contributed by atoms with Gasteiger partial charge in [-0.25, -0.2) is 4.99 Å². The van der Waals surface area contributed by atoms with E-state index < -0.39 is 0 Å². The van der Waals surface area contributed by atoms with Gasteiger partial charge in [-0.3, -0.25) is 15.5 Å². The van der Waals surface area contributed by atoms with Crippen LogP contribution in [0.25, 0.3) is 0 Å². The van der Waals surface area contributed by atoms with Gasteiger partial charge in [0.25, 0.3) is 0 Å². The van der Waals surface area contributed by atoms with Crippen molar-refractivity contribution in [1.82, 2.24) is 10.5 Å². The molecule has 0 aliphatic heterocycles. The Hall–Kier alpha value is -1.62. The van der Waals surface area contributed by atoms with Crippen molar-refractivity contribution in [3.05, 3.63) is 28.6 Å². The third kappa shape index (κ3) is 2.23. The second-order valence-corrected chi connectivity index (χ2v) is 1.80. The average Bonchev–Trinajstić information content (AvgIpc) is 2.01. The lowest BCUT2D eigenvalue weighted by Crippen LogP contribution is -2.02. The van der Waals surface area contributed by atoms with Crippen molar-refractivity contribution in [1.29, 1.82) is 0 Å². The Balaban J connectivity index is 2.88. The van der Waals surface area contributed by atoms with E-state index in [2.05, 4.69) is 9.98 Å². The minimum absolute atomic E-state index is 0.131. The maximum atomic E-state index is 10.7. The van der Waals surface area contributed by atoms with Gasteiger partial charge in [-0.05, 0) is 0 Å². The van der Waals surface area contributed by atoms with Crippen molar-refractivity contribution < 1.29 is 5.21 Å². The number of nitrogens with one attached hydrogen (secondary N) is 2. The van der Waals surface area contributed by atoms with Crippen LogP contribution in [0.2, 0.25) is 0 Å². The molecule has 0 bridgehead atoms. The number of pyridine rings is 1.